The third-order valence-electron chi connectivity index (χ3n) is 3.01. The number of aryl methyl sites for hydroxylation is 1. The van der Waals surface area contributed by atoms with Gasteiger partial charge < -0.3 is 14.4 Å². The van der Waals surface area contributed by atoms with Gasteiger partial charge in [-0.2, -0.15) is 0 Å². The van der Waals surface area contributed by atoms with E-state index in [-0.39, 0.29) is 5.92 Å². The number of aliphatic carboxylic acids is 1. The lowest BCUT2D eigenvalue weighted by Gasteiger charge is -2.16. The number of nitrogens with zero attached hydrogens (tertiary/aromatic N) is 2. The maximum Gasteiger partial charge on any atom is 0.333 e. The van der Waals surface area contributed by atoms with Gasteiger partial charge in [-0.25, -0.2) is 9.78 Å². The van der Waals surface area contributed by atoms with Gasteiger partial charge in [-0.3, -0.25) is 0 Å². The largest absolute Gasteiger partial charge is 0.479 e. The molecular formula is C11H16N2O3. The van der Waals surface area contributed by atoms with Crippen molar-refractivity contribution < 1.29 is 14.6 Å². The summed E-state index contributed by atoms with van der Waals surface area (Å²) in [7, 11) is 0. The smallest absolute Gasteiger partial charge is 0.333 e. The fourth-order valence-corrected chi connectivity index (χ4v) is 2.17. The van der Waals surface area contributed by atoms with E-state index in [4.69, 9.17) is 9.84 Å². The molecule has 2 unspecified atom stereocenters. The van der Waals surface area contributed by atoms with Gasteiger partial charge in [-0.1, -0.05) is 6.92 Å². The lowest BCUT2D eigenvalue weighted by molar-refractivity contribution is -0.149. The lowest BCUT2D eigenvalue weighted by atomic mass is 10.0. The molecule has 2 atom stereocenters. The minimum Gasteiger partial charge on any atom is -0.479 e. The minimum absolute atomic E-state index is 0.0528. The third kappa shape index (κ3) is 2.09. The average Bonchev–Trinajstić information content (AvgIpc) is 2.86. The molecule has 0 saturated carbocycles. The van der Waals surface area contributed by atoms with Crippen molar-refractivity contribution in [1.82, 2.24) is 9.55 Å². The van der Waals surface area contributed by atoms with E-state index < -0.39 is 12.1 Å². The van der Waals surface area contributed by atoms with Gasteiger partial charge in [0.05, 0.1) is 0 Å². The first-order valence-corrected chi connectivity index (χ1v) is 5.56. The number of aromatic nitrogens is 2. The molecule has 1 aliphatic heterocycles. The number of rotatable bonds is 4. The van der Waals surface area contributed by atoms with E-state index in [0.29, 0.717) is 13.2 Å². The van der Waals surface area contributed by atoms with Crippen LogP contribution in [0.1, 0.15) is 19.2 Å². The van der Waals surface area contributed by atoms with Crippen LogP contribution in [0.25, 0.3) is 0 Å². The number of carboxylic acids is 1. The van der Waals surface area contributed by atoms with Crippen molar-refractivity contribution in [1.29, 1.82) is 0 Å². The number of imidazole rings is 1. The average molecular weight is 224 g/mol. The Balaban J connectivity index is 2.06. The Hall–Kier alpha value is -1.36. The predicted octanol–water partition coefficient (Wildman–Crippen LogP) is 0.935. The topological polar surface area (TPSA) is 64.4 Å². The van der Waals surface area contributed by atoms with Crippen molar-refractivity contribution in [2.24, 2.45) is 5.92 Å². The van der Waals surface area contributed by atoms with Gasteiger partial charge in [0, 0.05) is 37.9 Å². The van der Waals surface area contributed by atoms with E-state index in [1.807, 2.05) is 17.7 Å². The maximum atomic E-state index is 10.9. The summed E-state index contributed by atoms with van der Waals surface area (Å²) < 4.78 is 7.24. The number of carboxylic acid groups (broad SMARTS) is 1. The first-order valence-electron chi connectivity index (χ1n) is 5.56. The maximum absolute atomic E-state index is 10.9. The summed E-state index contributed by atoms with van der Waals surface area (Å²) >= 11 is 0. The Labute approximate surface area is 94.1 Å². The zero-order valence-electron chi connectivity index (χ0n) is 9.30. The van der Waals surface area contributed by atoms with Crippen LogP contribution in [0.3, 0.4) is 0 Å². The fourth-order valence-electron chi connectivity index (χ4n) is 2.17. The van der Waals surface area contributed by atoms with E-state index in [1.165, 1.54) is 0 Å². The molecular weight excluding hydrogens is 208 g/mol. The van der Waals surface area contributed by atoms with Crippen molar-refractivity contribution in [3.05, 3.63) is 18.2 Å². The highest BCUT2D eigenvalue weighted by Crippen LogP contribution is 2.23. The molecule has 16 heavy (non-hydrogen) atoms. The van der Waals surface area contributed by atoms with Crippen molar-refractivity contribution in [2.45, 2.75) is 32.4 Å². The lowest BCUT2D eigenvalue weighted by Crippen LogP contribution is -2.29. The van der Waals surface area contributed by atoms with Gasteiger partial charge in [-0.05, 0) is 6.42 Å². The van der Waals surface area contributed by atoms with Crippen molar-refractivity contribution in [3.8, 4) is 0 Å². The molecule has 0 aliphatic carbocycles. The van der Waals surface area contributed by atoms with E-state index in [2.05, 4.69) is 4.98 Å². The molecule has 1 aromatic rings. The van der Waals surface area contributed by atoms with E-state index in [9.17, 15) is 4.79 Å². The number of carbonyl (C=O) groups is 1. The van der Waals surface area contributed by atoms with Crippen LogP contribution < -0.4 is 0 Å². The molecule has 5 nitrogen and oxygen atoms in total. The minimum atomic E-state index is -0.860. The second-order valence-electron chi connectivity index (χ2n) is 4.03. The SMILES string of the molecule is CCc1nccn1CC1CCOC1C(=O)O. The summed E-state index contributed by atoms with van der Waals surface area (Å²) in [5.74, 6) is 0.189. The normalized spacial score (nSPS) is 24.8. The Kier molecular flexibility index (Phi) is 3.24. The highest BCUT2D eigenvalue weighted by atomic mass is 16.5. The van der Waals surface area contributed by atoms with Crippen molar-refractivity contribution in [2.75, 3.05) is 6.61 Å². The van der Waals surface area contributed by atoms with Gasteiger partial charge in [0.15, 0.2) is 6.10 Å². The summed E-state index contributed by atoms with van der Waals surface area (Å²) in [6.07, 6.45) is 4.66. The van der Waals surface area contributed by atoms with Crippen LogP contribution in [0, 0.1) is 5.92 Å². The summed E-state index contributed by atoms with van der Waals surface area (Å²) in [5.41, 5.74) is 0. The Bertz CT molecular complexity index is 375. The molecule has 1 N–H and O–H groups in total. The van der Waals surface area contributed by atoms with Gasteiger partial charge in [0.1, 0.15) is 5.82 Å². The zero-order chi connectivity index (χ0) is 11.5. The third-order valence-corrected chi connectivity index (χ3v) is 3.01. The predicted molar refractivity (Wildman–Crippen MR) is 57.1 cm³/mol. The number of hydrogen-bond acceptors (Lipinski definition) is 3. The molecule has 0 bridgehead atoms. The Morgan fingerprint density at radius 1 is 1.75 bits per heavy atom. The highest BCUT2D eigenvalue weighted by Gasteiger charge is 2.34. The summed E-state index contributed by atoms with van der Waals surface area (Å²) in [6.45, 7) is 3.26. The molecule has 5 heteroatoms. The fraction of sp³-hybridized carbons (Fsp3) is 0.636. The van der Waals surface area contributed by atoms with Crippen molar-refractivity contribution in [3.63, 3.8) is 0 Å². The van der Waals surface area contributed by atoms with E-state index >= 15 is 0 Å². The molecule has 1 saturated heterocycles. The first-order chi connectivity index (χ1) is 7.72. The molecule has 1 aliphatic rings. The molecule has 0 radical (unpaired) electrons. The zero-order valence-corrected chi connectivity index (χ0v) is 9.30. The van der Waals surface area contributed by atoms with Crippen LogP contribution in [0.4, 0.5) is 0 Å². The van der Waals surface area contributed by atoms with Crippen LogP contribution in [0.5, 0.6) is 0 Å². The highest BCUT2D eigenvalue weighted by molar-refractivity contribution is 5.73. The molecule has 0 aromatic carbocycles. The number of hydrogen-bond donors (Lipinski definition) is 1. The molecule has 1 fully saturated rings. The van der Waals surface area contributed by atoms with Crippen LogP contribution >= 0.6 is 0 Å². The van der Waals surface area contributed by atoms with Gasteiger partial charge >= 0.3 is 5.97 Å². The van der Waals surface area contributed by atoms with Gasteiger partial charge in [0.2, 0.25) is 0 Å². The van der Waals surface area contributed by atoms with Crippen LogP contribution in [0.2, 0.25) is 0 Å². The molecule has 0 spiro atoms. The quantitative estimate of drug-likeness (QED) is 0.826. The van der Waals surface area contributed by atoms with Crippen LogP contribution in [-0.2, 0) is 22.5 Å². The van der Waals surface area contributed by atoms with Crippen molar-refractivity contribution >= 4 is 5.97 Å². The molecule has 88 valence electrons. The summed E-state index contributed by atoms with van der Waals surface area (Å²) in [6, 6.07) is 0. The van der Waals surface area contributed by atoms with E-state index in [0.717, 1.165) is 18.7 Å². The first kappa shape index (κ1) is 11.1. The molecule has 1 aromatic heterocycles. The standard InChI is InChI=1S/C11H16N2O3/c1-2-9-12-4-5-13(9)7-8-3-6-16-10(8)11(14)15/h4-5,8,10H,2-3,6-7H2,1H3,(H,14,15). The monoisotopic (exact) mass is 224 g/mol. The summed E-state index contributed by atoms with van der Waals surface area (Å²) in [5, 5.41) is 8.99. The molecule has 2 heterocycles. The number of ether oxygens (including phenoxy) is 1. The van der Waals surface area contributed by atoms with Gasteiger partial charge in [0.25, 0.3) is 0 Å². The second-order valence-corrected chi connectivity index (χ2v) is 4.03. The molecule has 0 amide bonds. The van der Waals surface area contributed by atoms with Gasteiger partial charge in [-0.15, -0.1) is 0 Å². The Morgan fingerprint density at radius 2 is 2.56 bits per heavy atom. The van der Waals surface area contributed by atoms with Crippen LogP contribution in [0.15, 0.2) is 12.4 Å². The Morgan fingerprint density at radius 3 is 3.25 bits per heavy atom. The molecule has 2 rings (SSSR count). The van der Waals surface area contributed by atoms with E-state index in [1.54, 1.807) is 6.20 Å². The van der Waals surface area contributed by atoms with Crippen LogP contribution in [-0.4, -0.2) is 33.3 Å². The second kappa shape index (κ2) is 4.65. The summed E-state index contributed by atoms with van der Waals surface area (Å²) in [4.78, 5) is 15.2.